The van der Waals surface area contributed by atoms with Crippen molar-refractivity contribution >= 4 is 0 Å². The van der Waals surface area contributed by atoms with Crippen LogP contribution in [0.25, 0.3) is 0 Å². The second-order valence-electron chi connectivity index (χ2n) is 5.29. The third kappa shape index (κ3) is 2.88. The summed E-state index contributed by atoms with van der Waals surface area (Å²) < 4.78 is 0. The molecule has 2 nitrogen and oxygen atoms in total. The molecule has 0 spiro atoms. The van der Waals surface area contributed by atoms with Crippen molar-refractivity contribution in [1.29, 1.82) is 0 Å². The monoisotopic (exact) mass is 233 g/mol. The number of hydrogen-bond donors (Lipinski definition) is 2. The molecule has 0 amide bonds. The second-order valence-corrected chi connectivity index (χ2v) is 5.29. The minimum atomic E-state index is 0.294. The van der Waals surface area contributed by atoms with Crippen LogP contribution in [0.5, 0.6) is 0 Å². The van der Waals surface area contributed by atoms with Gasteiger partial charge in [-0.1, -0.05) is 31.2 Å². The predicted octanol–water partition coefficient (Wildman–Crippen LogP) is 2.67. The number of hydrogen-bond acceptors (Lipinski definition) is 2. The maximum atomic E-state index is 8.86. The van der Waals surface area contributed by atoms with Crippen LogP contribution in [0.3, 0.4) is 0 Å². The molecule has 0 saturated carbocycles. The van der Waals surface area contributed by atoms with Crippen molar-refractivity contribution in [3.8, 4) is 0 Å². The van der Waals surface area contributed by atoms with Crippen LogP contribution < -0.4 is 5.32 Å². The summed E-state index contributed by atoms with van der Waals surface area (Å²) in [4.78, 5) is 0. The Hall–Kier alpha value is -0.860. The Labute approximate surface area is 104 Å². The zero-order valence-electron chi connectivity index (χ0n) is 10.8. The highest BCUT2D eigenvalue weighted by Crippen LogP contribution is 2.35. The number of benzene rings is 1. The van der Waals surface area contributed by atoms with Crippen LogP contribution in [-0.2, 0) is 6.42 Å². The molecular weight excluding hydrogens is 210 g/mol. The normalized spacial score (nSPS) is 24.6. The average Bonchev–Trinajstić information content (AvgIpc) is 2.64. The lowest BCUT2D eigenvalue weighted by Gasteiger charge is -2.23. The highest BCUT2D eigenvalue weighted by molar-refractivity contribution is 5.35. The molecule has 2 N–H and O–H groups in total. The summed E-state index contributed by atoms with van der Waals surface area (Å²) in [6, 6.07) is 9.70. The summed E-state index contributed by atoms with van der Waals surface area (Å²) in [5.74, 6) is 0.670. The van der Waals surface area contributed by atoms with Crippen LogP contribution in [0.1, 0.15) is 43.9 Å². The van der Waals surface area contributed by atoms with E-state index in [0.717, 1.165) is 12.8 Å². The number of nitrogens with one attached hydrogen (secondary N) is 1. The van der Waals surface area contributed by atoms with E-state index >= 15 is 0 Å². The molecule has 3 atom stereocenters. The molecule has 17 heavy (non-hydrogen) atoms. The van der Waals surface area contributed by atoms with Crippen molar-refractivity contribution in [3.05, 3.63) is 35.4 Å². The van der Waals surface area contributed by atoms with Crippen LogP contribution in [0.2, 0.25) is 0 Å². The standard InChI is InChI=1S/C15H23NO/c1-11-10-13-7-3-4-8-14(13)15(11)16-12(2)6-5-9-17/h3-4,7-8,11-12,15-17H,5-6,9-10H2,1-2H3. The summed E-state index contributed by atoms with van der Waals surface area (Å²) in [6.07, 6.45) is 3.11. The molecule has 0 saturated heterocycles. The van der Waals surface area contributed by atoms with E-state index in [1.165, 1.54) is 17.5 Å². The van der Waals surface area contributed by atoms with Gasteiger partial charge < -0.3 is 10.4 Å². The van der Waals surface area contributed by atoms with Gasteiger partial charge in [-0.05, 0) is 43.2 Å². The second kappa shape index (κ2) is 5.65. The van der Waals surface area contributed by atoms with E-state index in [4.69, 9.17) is 5.11 Å². The molecule has 2 heteroatoms. The Morgan fingerprint density at radius 1 is 1.41 bits per heavy atom. The molecule has 0 fully saturated rings. The lowest BCUT2D eigenvalue weighted by molar-refractivity contribution is 0.269. The predicted molar refractivity (Wildman–Crippen MR) is 71.0 cm³/mol. The van der Waals surface area contributed by atoms with E-state index in [2.05, 4.69) is 43.4 Å². The van der Waals surface area contributed by atoms with Crippen molar-refractivity contribution in [2.24, 2.45) is 5.92 Å². The number of fused-ring (bicyclic) bond motifs is 1. The zero-order chi connectivity index (χ0) is 12.3. The molecule has 0 radical (unpaired) electrons. The summed E-state index contributed by atoms with van der Waals surface area (Å²) in [5, 5.41) is 12.6. The van der Waals surface area contributed by atoms with Crippen molar-refractivity contribution in [1.82, 2.24) is 5.32 Å². The van der Waals surface area contributed by atoms with Crippen LogP contribution in [0, 0.1) is 5.92 Å². The zero-order valence-corrected chi connectivity index (χ0v) is 10.8. The van der Waals surface area contributed by atoms with Gasteiger partial charge in [-0.2, -0.15) is 0 Å². The number of aliphatic hydroxyl groups excluding tert-OH is 1. The fraction of sp³-hybridized carbons (Fsp3) is 0.600. The molecule has 0 aliphatic heterocycles. The molecule has 0 bridgehead atoms. The third-order valence-corrected chi connectivity index (χ3v) is 3.76. The Kier molecular flexibility index (Phi) is 4.19. The van der Waals surface area contributed by atoms with Gasteiger partial charge >= 0.3 is 0 Å². The largest absolute Gasteiger partial charge is 0.396 e. The highest BCUT2D eigenvalue weighted by atomic mass is 16.2. The quantitative estimate of drug-likeness (QED) is 0.819. The third-order valence-electron chi connectivity index (χ3n) is 3.76. The minimum absolute atomic E-state index is 0.294. The fourth-order valence-corrected chi connectivity index (χ4v) is 2.84. The van der Waals surface area contributed by atoms with Crippen LogP contribution >= 0.6 is 0 Å². The van der Waals surface area contributed by atoms with E-state index in [9.17, 15) is 0 Å². The van der Waals surface area contributed by atoms with Gasteiger partial charge in [0.1, 0.15) is 0 Å². The first kappa shape index (κ1) is 12.6. The van der Waals surface area contributed by atoms with Crippen LogP contribution in [0.4, 0.5) is 0 Å². The Balaban J connectivity index is 2.01. The van der Waals surface area contributed by atoms with Gasteiger partial charge in [-0.3, -0.25) is 0 Å². The van der Waals surface area contributed by atoms with Gasteiger partial charge in [0.15, 0.2) is 0 Å². The summed E-state index contributed by atoms with van der Waals surface area (Å²) >= 11 is 0. The molecule has 2 rings (SSSR count). The van der Waals surface area contributed by atoms with E-state index in [1.807, 2.05) is 0 Å². The van der Waals surface area contributed by atoms with Gasteiger partial charge in [-0.15, -0.1) is 0 Å². The molecule has 94 valence electrons. The molecule has 1 aliphatic rings. The number of aliphatic hydroxyl groups is 1. The topological polar surface area (TPSA) is 32.3 Å². The van der Waals surface area contributed by atoms with Gasteiger partial charge in [0.25, 0.3) is 0 Å². The maximum Gasteiger partial charge on any atom is 0.0431 e. The van der Waals surface area contributed by atoms with Crippen LogP contribution in [0.15, 0.2) is 24.3 Å². The van der Waals surface area contributed by atoms with Crippen molar-refractivity contribution in [2.75, 3.05) is 6.61 Å². The van der Waals surface area contributed by atoms with E-state index in [0.29, 0.717) is 24.6 Å². The summed E-state index contributed by atoms with van der Waals surface area (Å²) in [6.45, 7) is 4.82. The van der Waals surface area contributed by atoms with Crippen LogP contribution in [-0.4, -0.2) is 17.8 Å². The molecule has 0 aromatic heterocycles. The number of rotatable bonds is 5. The molecule has 1 aliphatic carbocycles. The molecule has 0 heterocycles. The molecule has 3 unspecified atom stereocenters. The van der Waals surface area contributed by atoms with Crippen molar-refractivity contribution in [2.45, 2.75) is 45.2 Å². The average molecular weight is 233 g/mol. The smallest absolute Gasteiger partial charge is 0.0431 e. The fourth-order valence-electron chi connectivity index (χ4n) is 2.84. The molecule has 1 aromatic rings. The molecule has 1 aromatic carbocycles. The summed E-state index contributed by atoms with van der Waals surface area (Å²) in [5.41, 5.74) is 2.96. The Morgan fingerprint density at radius 3 is 2.94 bits per heavy atom. The Bertz CT molecular complexity index is 364. The first-order valence-corrected chi connectivity index (χ1v) is 6.67. The SMILES string of the molecule is CC(CCCO)NC1c2ccccc2CC1C. The van der Waals surface area contributed by atoms with Crippen molar-refractivity contribution in [3.63, 3.8) is 0 Å². The Morgan fingerprint density at radius 2 is 2.18 bits per heavy atom. The lowest BCUT2D eigenvalue weighted by atomic mass is 10.0. The van der Waals surface area contributed by atoms with E-state index in [-0.39, 0.29) is 0 Å². The summed E-state index contributed by atoms with van der Waals surface area (Å²) in [7, 11) is 0. The maximum absolute atomic E-state index is 8.86. The van der Waals surface area contributed by atoms with Gasteiger partial charge in [-0.25, -0.2) is 0 Å². The van der Waals surface area contributed by atoms with Gasteiger partial charge in [0.2, 0.25) is 0 Å². The minimum Gasteiger partial charge on any atom is -0.396 e. The van der Waals surface area contributed by atoms with Gasteiger partial charge in [0.05, 0.1) is 0 Å². The first-order valence-electron chi connectivity index (χ1n) is 6.67. The van der Waals surface area contributed by atoms with Crippen molar-refractivity contribution < 1.29 is 5.11 Å². The molecular formula is C15H23NO. The lowest BCUT2D eigenvalue weighted by Crippen LogP contribution is -2.32. The van der Waals surface area contributed by atoms with Gasteiger partial charge in [0, 0.05) is 18.7 Å². The van der Waals surface area contributed by atoms with E-state index < -0.39 is 0 Å². The van der Waals surface area contributed by atoms with E-state index in [1.54, 1.807) is 0 Å². The first-order chi connectivity index (χ1) is 8.22. The highest BCUT2D eigenvalue weighted by Gasteiger charge is 2.29.